The van der Waals surface area contributed by atoms with Gasteiger partial charge >= 0.3 is 0 Å². The third-order valence-electron chi connectivity index (χ3n) is 3.34. The van der Waals surface area contributed by atoms with E-state index in [1.165, 1.54) is 0 Å². The first kappa shape index (κ1) is 10.2. The van der Waals surface area contributed by atoms with E-state index in [1.54, 1.807) is 0 Å². The molecule has 1 atom stereocenters. The second-order valence-electron chi connectivity index (χ2n) is 4.50. The molecule has 4 nitrogen and oxygen atoms in total. The van der Waals surface area contributed by atoms with Crippen LogP contribution in [0.3, 0.4) is 0 Å². The van der Waals surface area contributed by atoms with Crippen molar-refractivity contribution in [3.8, 4) is 6.07 Å². The summed E-state index contributed by atoms with van der Waals surface area (Å²) in [5.41, 5.74) is 7.65. The van der Waals surface area contributed by atoms with Crippen LogP contribution in [0.4, 0.5) is 5.82 Å². The second-order valence-corrected chi connectivity index (χ2v) is 4.50. The van der Waals surface area contributed by atoms with Gasteiger partial charge < -0.3 is 15.6 Å². The van der Waals surface area contributed by atoms with Gasteiger partial charge in [0.25, 0.3) is 0 Å². The Kier molecular flexibility index (Phi) is 2.27. The summed E-state index contributed by atoms with van der Waals surface area (Å²) in [7, 11) is 0. The van der Waals surface area contributed by atoms with E-state index in [2.05, 4.69) is 16.0 Å². The number of nitrogens with two attached hydrogens (primary N) is 1. The number of H-pyrrole nitrogens is 1. The van der Waals surface area contributed by atoms with E-state index in [1.807, 2.05) is 24.3 Å². The quantitative estimate of drug-likeness (QED) is 0.775. The molecule has 4 heteroatoms. The molecule has 1 unspecified atom stereocenters. The fraction of sp³-hybridized carbons (Fsp3) is 0.308. The molecule has 0 amide bonds. The summed E-state index contributed by atoms with van der Waals surface area (Å²) in [5.74, 6) is 0.918. The highest BCUT2D eigenvalue weighted by Gasteiger charge is 2.23. The SMILES string of the molecule is N#Cc1c(N2CCC(N)C2)[nH]c2ccccc12. The minimum Gasteiger partial charge on any atom is -0.355 e. The molecule has 0 spiro atoms. The highest BCUT2D eigenvalue weighted by atomic mass is 15.2. The van der Waals surface area contributed by atoms with E-state index in [9.17, 15) is 5.26 Å². The monoisotopic (exact) mass is 226 g/mol. The van der Waals surface area contributed by atoms with Crippen molar-refractivity contribution in [3.63, 3.8) is 0 Å². The van der Waals surface area contributed by atoms with Crippen LogP contribution in [0.25, 0.3) is 10.9 Å². The first-order chi connectivity index (χ1) is 8.29. The Hall–Kier alpha value is -1.99. The molecule has 1 aromatic carbocycles. The zero-order valence-electron chi connectivity index (χ0n) is 9.48. The number of aromatic nitrogens is 1. The first-order valence-electron chi connectivity index (χ1n) is 5.81. The van der Waals surface area contributed by atoms with Crippen molar-refractivity contribution in [3.05, 3.63) is 29.8 Å². The highest BCUT2D eigenvalue weighted by molar-refractivity contribution is 5.91. The Labute approximate surface area is 99.6 Å². The number of benzene rings is 1. The van der Waals surface area contributed by atoms with E-state index in [0.29, 0.717) is 0 Å². The Morgan fingerprint density at radius 1 is 1.41 bits per heavy atom. The first-order valence-corrected chi connectivity index (χ1v) is 5.81. The number of anilines is 1. The van der Waals surface area contributed by atoms with Crippen molar-refractivity contribution < 1.29 is 0 Å². The predicted octanol–water partition coefficient (Wildman–Crippen LogP) is 1.58. The fourth-order valence-electron chi connectivity index (χ4n) is 2.47. The van der Waals surface area contributed by atoms with Gasteiger partial charge in [0.2, 0.25) is 0 Å². The number of nitriles is 1. The molecule has 0 saturated carbocycles. The molecule has 17 heavy (non-hydrogen) atoms. The zero-order valence-corrected chi connectivity index (χ0v) is 9.48. The van der Waals surface area contributed by atoms with Gasteiger partial charge in [-0.25, -0.2) is 0 Å². The average Bonchev–Trinajstić information content (AvgIpc) is 2.91. The van der Waals surface area contributed by atoms with Crippen molar-refractivity contribution in [2.24, 2.45) is 5.73 Å². The molecular weight excluding hydrogens is 212 g/mol. The van der Waals surface area contributed by atoms with E-state index >= 15 is 0 Å². The van der Waals surface area contributed by atoms with Gasteiger partial charge in [0.05, 0.1) is 0 Å². The van der Waals surface area contributed by atoms with Crippen LogP contribution in [0, 0.1) is 11.3 Å². The lowest BCUT2D eigenvalue weighted by Gasteiger charge is -2.16. The van der Waals surface area contributed by atoms with Crippen molar-refractivity contribution in [2.45, 2.75) is 12.5 Å². The zero-order chi connectivity index (χ0) is 11.8. The topological polar surface area (TPSA) is 68.8 Å². The molecule has 1 saturated heterocycles. The maximum absolute atomic E-state index is 9.30. The van der Waals surface area contributed by atoms with Crippen LogP contribution in [-0.2, 0) is 0 Å². The third-order valence-corrected chi connectivity index (χ3v) is 3.34. The van der Waals surface area contributed by atoms with Crippen molar-refractivity contribution in [1.82, 2.24) is 4.98 Å². The van der Waals surface area contributed by atoms with Crippen LogP contribution in [0.1, 0.15) is 12.0 Å². The van der Waals surface area contributed by atoms with E-state index in [-0.39, 0.29) is 6.04 Å². The minimum absolute atomic E-state index is 0.216. The summed E-state index contributed by atoms with van der Waals surface area (Å²) in [4.78, 5) is 5.50. The molecule has 1 aromatic heterocycles. The Bertz CT molecular complexity index is 593. The van der Waals surface area contributed by atoms with Crippen LogP contribution in [0.15, 0.2) is 24.3 Å². The maximum Gasteiger partial charge on any atom is 0.125 e. The van der Waals surface area contributed by atoms with Crippen LogP contribution < -0.4 is 10.6 Å². The molecule has 0 bridgehead atoms. The molecule has 1 aliphatic rings. The van der Waals surface area contributed by atoms with E-state index < -0.39 is 0 Å². The van der Waals surface area contributed by atoms with Gasteiger partial charge in [-0.3, -0.25) is 0 Å². The molecule has 1 aliphatic heterocycles. The van der Waals surface area contributed by atoms with Crippen molar-refractivity contribution in [1.29, 1.82) is 5.26 Å². The van der Waals surface area contributed by atoms with E-state index in [0.717, 1.165) is 41.8 Å². The summed E-state index contributed by atoms with van der Waals surface area (Å²) in [6.07, 6.45) is 0.986. The lowest BCUT2D eigenvalue weighted by molar-refractivity contribution is 0.751. The summed E-state index contributed by atoms with van der Waals surface area (Å²) in [6.45, 7) is 1.74. The van der Waals surface area contributed by atoms with Crippen LogP contribution >= 0.6 is 0 Å². The lowest BCUT2D eigenvalue weighted by atomic mass is 10.2. The number of aromatic amines is 1. The summed E-state index contributed by atoms with van der Waals surface area (Å²) in [6, 6.07) is 10.4. The highest BCUT2D eigenvalue weighted by Crippen LogP contribution is 2.29. The molecule has 1 fully saturated rings. The number of rotatable bonds is 1. The molecule has 2 aromatic rings. The predicted molar refractivity (Wildman–Crippen MR) is 67.8 cm³/mol. The molecule has 3 N–H and O–H groups in total. The standard InChI is InChI=1S/C13H14N4/c14-7-11-10-3-1-2-4-12(10)16-13(11)17-6-5-9(15)8-17/h1-4,9,16H,5-6,8,15H2. The Balaban J connectivity index is 2.13. The fourth-order valence-corrected chi connectivity index (χ4v) is 2.47. The largest absolute Gasteiger partial charge is 0.355 e. The molecule has 0 radical (unpaired) electrons. The minimum atomic E-state index is 0.216. The van der Waals surface area contributed by atoms with Gasteiger partial charge in [0.1, 0.15) is 17.5 Å². The Morgan fingerprint density at radius 3 is 2.94 bits per heavy atom. The lowest BCUT2D eigenvalue weighted by Crippen LogP contribution is -2.26. The smallest absolute Gasteiger partial charge is 0.125 e. The van der Waals surface area contributed by atoms with Gasteiger partial charge in [-0.1, -0.05) is 18.2 Å². The van der Waals surface area contributed by atoms with Gasteiger partial charge in [0.15, 0.2) is 0 Å². The van der Waals surface area contributed by atoms with Crippen LogP contribution in [0.2, 0.25) is 0 Å². The maximum atomic E-state index is 9.30. The third kappa shape index (κ3) is 1.56. The van der Waals surface area contributed by atoms with Crippen molar-refractivity contribution in [2.75, 3.05) is 18.0 Å². The molecule has 2 heterocycles. The second kappa shape index (κ2) is 3.79. The number of fused-ring (bicyclic) bond motifs is 1. The molecule has 86 valence electrons. The average molecular weight is 226 g/mol. The Morgan fingerprint density at radius 2 is 2.24 bits per heavy atom. The van der Waals surface area contributed by atoms with Crippen LogP contribution in [-0.4, -0.2) is 24.1 Å². The van der Waals surface area contributed by atoms with Gasteiger partial charge in [0, 0.05) is 30.0 Å². The van der Waals surface area contributed by atoms with Crippen LogP contribution in [0.5, 0.6) is 0 Å². The van der Waals surface area contributed by atoms with Crippen molar-refractivity contribution >= 4 is 16.7 Å². The summed E-state index contributed by atoms with van der Waals surface area (Å²) in [5, 5.41) is 10.3. The number of nitrogens with zero attached hydrogens (tertiary/aromatic N) is 2. The number of nitrogens with one attached hydrogen (secondary N) is 1. The van der Waals surface area contributed by atoms with Gasteiger partial charge in [-0.2, -0.15) is 5.26 Å². The molecular formula is C13H14N4. The summed E-state index contributed by atoms with van der Waals surface area (Å²) >= 11 is 0. The molecule has 3 rings (SSSR count). The normalized spacial score (nSPS) is 19.8. The summed E-state index contributed by atoms with van der Waals surface area (Å²) < 4.78 is 0. The van der Waals surface area contributed by atoms with E-state index in [4.69, 9.17) is 5.73 Å². The number of para-hydroxylation sites is 1. The number of hydrogen-bond donors (Lipinski definition) is 2. The van der Waals surface area contributed by atoms with Gasteiger partial charge in [-0.05, 0) is 12.5 Å². The number of hydrogen-bond acceptors (Lipinski definition) is 3. The molecule has 0 aliphatic carbocycles. The van der Waals surface area contributed by atoms with Gasteiger partial charge in [-0.15, -0.1) is 0 Å².